The lowest BCUT2D eigenvalue weighted by atomic mass is 9.97. The van der Waals surface area contributed by atoms with E-state index in [9.17, 15) is 18.0 Å². The number of hydrogen-bond acceptors (Lipinski definition) is 4. The van der Waals surface area contributed by atoms with Crippen molar-refractivity contribution in [1.29, 1.82) is 0 Å². The van der Waals surface area contributed by atoms with E-state index >= 15 is 0 Å². The number of benzene rings is 2. The van der Waals surface area contributed by atoms with E-state index in [0.29, 0.717) is 31.6 Å². The first kappa shape index (κ1) is 21.7. The normalized spacial score (nSPS) is 15.9. The third-order valence-electron chi connectivity index (χ3n) is 5.02. The molecule has 0 aromatic heterocycles. The van der Waals surface area contributed by atoms with Crippen molar-refractivity contribution in [1.82, 2.24) is 4.31 Å². The molecule has 0 saturated carbocycles. The summed E-state index contributed by atoms with van der Waals surface area (Å²) >= 11 is 0. The summed E-state index contributed by atoms with van der Waals surface area (Å²) in [5, 5.41) is 4.07. The van der Waals surface area contributed by atoms with Crippen molar-refractivity contribution in [2.75, 3.05) is 18.4 Å². The summed E-state index contributed by atoms with van der Waals surface area (Å²) in [6.07, 6.45) is 2.66. The van der Waals surface area contributed by atoms with Crippen LogP contribution in [0, 0.1) is 5.92 Å². The number of primary amides is 1. The maximum atomic E-state index is 12.5. The summed E-state index contributed by atoms with van der Waals surface area (Å²) in [6, 6.07) is 16.2. The molecule has 1 heterocycles. The molecule has 3 rings (SSSR count). The van der Waals surface area contributed by atoms with Gasteiger partial charge in [0.05, 0.1) is 6.42 Å². The first-order valence-corrected chi connectivity index (χ1v) is 11.3. The smallest absolute Gasteiger partial charge is 0.236 e. The zero-order valence-electron chi connectivity index (χ0n) is 16.5. The van der Waals surface area contributed by atoms with Crippen LogP contribution in [-0.4, -0.2) is 37.6 Å². The van der Waals surface area contributed by atoms with Gasteiger partial charge in [0.1, 0.15) is 0 Å². The lowest BCUT2D eigenvalue weighted by Crippen LogP contribution is -2.40. The summed E-state index contributed by atoms with van der Waals surface area (Å²) in [7, 11) is -3.52. The van der Waals surface area contributed by atoms with Crippen LogP contribution in [0.15, 0.2) is 60.0 Å². The van der Waals surface area contributed by atoms with E-state index in [1.807, 2.05) is 30.3 Å². The minimum atomic E-state index is -3.52. The van der Waals surface area contributed by atoms with Crippen LogP contribution in [0.25, 0.3) is 6.08 Å². The number of nitrogens with one attached hydrogen (secondary N) is 1. The Morgan fingerprint density at radius 1 is 1.03 bits per heavy atom. The van der Waals surface area contributed by atoms with E-state index in [1.165, 1.54) is 9.71 Å². The van der Waals surface area contributed by atoms with Gasteiger partial charge in [-0.15, -0.1) is 0 Å². The fourth-order valence-corrected chi connectivity index (χ4v) is 4.56. The van der Waals surface area contributed by atoms with E-state index in [1.54, 1.807) is 30.3 Å². The maximum Gasteiger partial charge on any atom is 0.236 e. The van der Waals surface area contributed by atoms with Gasteiger partial charge in [-0.05, 0) is 42.2 Å². The molecule has 0 aliphatic carbocycles. The van der Waals surface area contributed by atoms with E-state index in [0.717, 1.165) is 11.1 Å². The van der Waals surface area contributed by atoms with Crippen molar-refractivity contribution in [3.63, 3.8) is 0 Å². The molecule has 158 valence electrons. The molecule has 7 nitrogen and oxygen atoms in total. The molecule has 1 aliphatic rings. The van der Waals surface area contributed by atoms with Crippen LogP contribution < -0.4 is 11.1 Å². The van der Waals surface area contributed by atoms with Crippen molar-refractivity contribution in [2.24, 2.45) is 11.7 Å². The van der Waals surface area contributed by atoms with Crippen molar-refractivity contribution in [3.05, 3.63) is 71.1 Å². The molecular formula is C22H25N3O4S. The minimum absolute atomic E-state index is 0.130. The maximum absolute atomic E-state index is 12.5. The van der Waals surface area contributed by atoms with Gasteiger partial charge < -0.3 is 11.1 Å². The lowest BCUT2D eigenvalue weighted by molar-refractivity contribution is -0.121. The van der Waals surface area contributed by atoms with Crippen LogP contribution in [0.4, 0.5) is 5.69 Å². The highest BCUT2D eigenvalue weighted by atomic mass is 32.2. The number of nitrogens with two attached hydrogens (primary N) is 1. The van der Waals surface area contributed by atoms with Gasteiger partial charge in [0.15, 0.2) is 0 Å². The highest BCUT2D eigenvalue weighted by Crippen LogP contribution is 2.22. The fourth-order valence-electron chi connectivity index (χ4n) is 3.34. The Morgan fingerprint density at radius 2 is 1.67 bits per heavy atom. The van der Waals surface area contributed by atoms with Crippen LogP contribution in [0.5, 0.6) is 0 Å². The predicted octanol–water partition coefficient (Wildman–Crippen LogP) is 2.37. The Kier molecular flexibility index (Phi) is 7.02. The highest BCUT2D eigenvalue weighted by Gasteiger charge is 2.30. The van der Waals surface area contributed by atoms with Gasteiger partial charge in [0, 0.05) is 30.1 Å². The highest BCUT2D eigenvalue weighted by molar-refractivity contribution is 7.92. The summed E-state index contributed by atoms with van der Waals surface area (Å²) in [5.74, 6) is -0.790. The number of nitrogens with zero attached hydrogens (tertiary/aromatic N) is 1. The Bertz CT molecular complexity index is 1010. The first-order chi connectivity index (χ1) is 14.3. The van der Waals surface area contributed by atoms with Crippen molar-refractivity contribution in [3.8, 4) is 0 Å². The number of anilines is 1. The number of carbonyl (C=O) groups is 2. The van der Waals surface area contributed by atoms with E-state index < -0.39 is 15.9 Å². The average Bonchev–Trinajstić information content (AvgIpc) is 2.74. The number of hydrogen-bond donors (Lipinski definition) is 2. The first-order valence-electron chi connectivity index (χ1n) is 9.75. The Balaban J connectivity index is 1.52. The van der Waals surface area contributed by atoms with Crippen molar-refractivity contribution < 1.29 is 18.0 Å². The second kappa shape index (κ2) is 9.69. The van der Waals surface area contributed by atoms with Gasteiger partial charge in [0.25, 0.3) is 0 Å². The molecule has 1 saturated heterocycles. The summed E-state index contributed by atoms with van der Waals surface area (Å²) in [4.78, 5) is 23.5. The van der Waals surface area contributed by atoms with E-state index in [2.05, 4.69) is 5.32 Å². The summed E-state index contributed by atoms with van der Waals surface area (Å²) in [5.41, 5.74) is 7.40. The number of carbonyl (C=O) groups excluding carboxylic acids is 2. The third kappa shape index (κ3) is 6.01. The van der Waals surface area contributed by atoms with Crippen molar-refractivity contribution >= 4 is 33.6 Å². The molecule has 30 heavy (non-hydrogen) atoms. The Morgan fingerprint density at radius 3 is 2.27 bits per heavy atom. The third-order valence-corrected chi connectivity index (χ3v) is 6.58. The topological polar surface area (TPSA) is 110 Å². The Labute approximate surface area is 176 Å². The van der Waals surface area contributed by atoms with Crippen molar-refractivity contribution in [2.45, 2.75) is 19.3 Å². The average molecular weight is 428 g/mol. The van der Waals surface area contributed by atoms with Gasteiger partial charge in [-0.3, -0.25) is 9.59 Å². The molecule has 0 spiro atoms. The van der Waals surface area contributed by atoms with Crippen LogP contribution in [-0.2, 0) is 26.0 Å². The molecule has 2 aromatic carbocycles. The van der Waals surface area contributed by atoms with Gasteiger partial charge >= 0.3 is 0 Å². The molecule has 8 heteroatoms. The molecule has 0 bridgehead atoms. The zero-order chi connectivity index (χ0) is 21.6. The molecule has 0 atom stereocenters. The van der Waals surface area contributed by atoms with Gasteiger partial charge in [-0.2, -0.15) is 4.31 Å². The van der Waals surface area contributed by atoms with Crippen LogP contribution in [0.3, 0.4) is 0 Å². The molecule has 2 aromatic rings. The molecule has 1 fully saturated rings. The number of rotatable bonds is 7. The summed E-state index contributed by atoms with van der Waals surface area (Å²) in [6.45, 7) is 0.605. The SMILES string of the molecule is NC(=O)Cc1ccc(NC(=O)C2CCN(S(=O)(=O)/C=C/c3ccccc3)CC2)cc1. The van der Waals surface area contributed by atoms with Gasteiger partial charge in [-0.1, -0.05) is 42.5 Å². The number of amides is 2. The Hall–Kier alpha value is -2.97. The van der Waals surface area contributed by atoms with Crippen LogP contribution in [0.1, 0.15) is 24.0 Å². The molecule has 0 radical (unpaired) electrons. The van der Waals surface area contributed by atoms with Gasteiger partial charge in [0.2, 0.25) is 21.8 Å². The number of sulfonamides is 1. The minimum Gasteiger partial charge on any atom is -0.369 e. The van der Waals surface area contributed by atoms with E-state index in [-0.39, 0.29) is 18.2 Å². The molecule has 3 N–H and O–H groups in total. The van der Waals surface area contributed by atoms with E-state index in [4.69, 9.17) is 5.73 Å². The molecular weight excluding hydrogens is 402 g/mol. The second-order valence-electron chi connectivity index (χ2n) is 7.26. The van der Waals surface area contributed by atoms with Crippen LogP contribution >= 0.6 is 0 Å². The lowest BCUT2D eigenvalue weighted by Gasteiger charge is -2.29. The fraction of sp³-hybridized carbons (Fsp3) is 0.273. The second-order valence-corrected chi connectivity index (χ2v) is 9.08. The largest absolute Gasteiger partial charge is 0.369 e. The van der Waals surface area contributed by atoms with Crippen LogP contribution in [0.2, 0.25) is 0 Å². The quantitative estimate of drug-likeness (QED) is 0.707. The molecule has 2 amide bonds. The molecule has 1 aliphatic heterocycles. The summed E-state index contributed by atoms with van der Waals surface area (Å²) < 4.78 is 26.5. The standard InChI is InChI=1S/C22H25N3O4S/c23-21(26)16-18-6-8-20(9-7-18)24-22(27)19-10-13-25(14-11-19)30(28,29)15-12-17-4-2-1-3-5-17/h1-9,12,15,19H,10-11,13-14,16H2,(H2,23,26)(H,24,27)/b15-12+. The monoisotopic (exact) mass is 427 g/mol. The predicted molar refractivity (Wildman–Crippen MR) is 117 cm³/mol. The van der Waals surface area contributed by atoms with Gasteiger partial charge in [-0.25, -0.2) is 8.42 Å². The number of piperidine rings is 1. The zero-order valence-corrected chi connectivity index (χ0v) is 17.3. The molecule has 0 unspecified atom stereocenters.